The van der Waals surface area contributed by atoms with Gasteiger partial charge in [-0.3, -0.25) is 0 Å². The van der Waals surface area contributed by atoms with Crippen LogP contribution in [0.25, 0.3) is 0 Å². The number of rotatable bonds is 4. The maximum Gasteiger partial charge on any atom is 0.0521 e. The Hall–Kier alpha value is 0.270. The molecule has 0 heterocycles. The molecule has 2 N–H and O–H groups in total. The van der Waals surface area contributed by atoms with Crippen molar-refractivity contribution in [1.82, 2.24) is 5.32 Å². The standard InChI is InChI=1S/C10H21NOS/c1-11-9-5-3-2-4-6-10(9)13-8-7-12/h9-12H,2-8H2,1H3. The van der Waals surface area contributed by atoms with Gasteiger partial charge in [0.15, 0.2) is 0 Å². The molecule has 0 radical (unpaired) electrons. The van der Waals surface area contributed by atoms with E-state index in [-0.39, 0.29) is 0 Å². The third-order valence-corrected chi connectivity index (χ3v) is 4.16. The maximum atomic E-state index is 8.78. The molecular formula is C10H21NOS. The van der Waals surface area contributed by atoms with Crippen molar-refractivity contribution in [2.75, 3.05) is 19.4 Å². The molecular weight excluding hydrogens is 182 g/mol. The van der Waals surface area contributed by atoms with Crippen LogP contribution in [0.5, 0.6) is 0 Å². The minimum Gasteiger partial charge on any atom is -0.396 e. The van der Waals surface area contributed by atoms with Crippen molar-refractivity contribution >= 4 is 11.8 Å². The first-order valence-corrected chi connectivity index (χ1v) is 6.33. The van der Waals surface area contributed by atoms with Gasteiger partial charge in [-0.05, 0) is 19.9 Å². The first kappa shape index (κ1) is 11.3. The summed E-state index contributed by atoms with van der Waals surface area (Å²) >= 11 is 1.93. The Labute approximate surface area is 85.5 Å². The van der Waals surface area contributed by atoms with Gasteiger partial charge >= 0.3 is 0 Å². The molecule has 13 heavy (non-hydrogen) atoms. The second kappa shape index (κ2) is 6.68. The minimum atomic E-state index is 0.317. The fourth-order valence-corrected chi connectivity index (χ4v) is 3.25. The van der Waals surface area contributed by atoms with Gasteiger partial charge < -0.3 is 10.4 Å². The molecule has 0 aromatic carbocycles. The largest absolute Gasteiger partial charge is 0.396 e. The molecule has 0 aromatic heterocycles. The smallest absolute Gasteiger partial charge is 0.0521 e. The predicted molar refractivity (Wildman–Crippen MR) is 59.3 cm³/mol. The number of aliphatic hydroxyl groups is 1. The average Bonchev–Trinajstić information content (AvgIpc) is 2.39. The molecule has 0 aliphatic heterocycles. The molecule has 1 fully saturated rings. The lowest BCUT2D eigenvalue weighted by Crippen LogP contribution is -2.35. The molecule has 3 heteroatoms. The summed E-state index contributed by atoms with van der Waals surface area (Å²) in [6.45, 7) is 0.317. The maximum absolute atomic E-state index is 8.78. The van der Waals surface area contributed by atoms with Gasteiger partial charge in [0.05, 0.1) is 6.61 Å². The Balaban J connectivity index is 2.34. The highest BCUT2D eigenvalue weighted by atomic mass is 32.2. The third-order valence-electron chi connectivity index (χ3n) is 2.75. The summed E-state index contributed by atoms with van der Waals surface area (Å²) in [6.07, 6.45) is 6.73. The van der Waals surface area contributed by atoms with E-state index < -0.39 is 0 Å². The molecule has 0 saturated heterocycles. The van der Waals surface area contributed by atoms with E-state index in [1.54, 1.807) is 0 Å². The van der Waals surface area contributed by atoms with Gasteiger partial charge in [0, 0.05) is 17.0 Å². The van der Waals surface area contributed by atoms with Crippen LogP contribution in [0.2, 0.25) is 0 Å². The van der Waals surface area contributed by atoms with E-state index in [1.165, 1.54) is 32.1 Å². The van der Waals surface area contributed by atoms with Gasteiger partial charge in [-0.2, -0.15) is 11.8 Å². The number of hydrogen-bond acceptors (Lipinski definition) is 3. The highest BCUT2D eigenvalue weighted by Gasteiger charge is 2.21. The van der Waals surface area contributed by atoms with Crippen LogP contribution in [-0.4, -0.2) is 35.8 Å². The van der Waals surface area contributed by atoms with E-state index in [2.05, 4.69) is 12.4 Å². The molecule has 1 aliphatic rings. The van der Waals surface area contributed by atoms with Crippen molar-refractivity contribution < 1.29 is 5.11 Å². The Morgan fingerprint density at radius 2 is 2.08 bits per heavy atom. The molecule has 2 nitrogen and oxygen atoms in total. The lowest BCUT2D eigenvalue weighted by molar-refractivity contribution is 0.322. The summed E-state index contributed by atoms with van der Waals surface area (Å²) < 4.78 is 0. The van der Waals surface area contributed by atoms with Crippen LogP contribution in [0.3, 0.4) is 0 Å². The number of aliphatic hydroxyl groups excluding tert-OH is 1. The van der Waals surface area contributed by atoms with E-state index in [0.717, 1.165) is 11.0 Å². The average molecular weight is 203 g/mol. The lowest BCUT2D eigenvalue weighted by Gasteiger charge is -2.23. The predicted octanol–water partition coefficient (Wildman–Crippen LogP) is 1.63. The second-order valence-electron chi connectivity index (χ2n) is 3.67. The van der Waals surface area contributed by atoms with Gasteiger partial charge in [0.1, 0.15) is 0 Å². The van der Waals surface area contributed by atoms with Crippen LogP contribution in [-0.2, 0) is 0 Å². The molecule has 1 aliphatic carbocycles. The van der Waals surface area contributed by atoms with Crippen LogP contribution in [0.15, 0.2) is 0 Å². The summed E-state index contributed by atoms with van der Waals surface area (Å²) in [4.78, 5) is 0. The van der Waals surface area contributed by atoms with Crippen LogP contribution >= 0.6 is 11.8 Å². The topological polar surface area (TPSA) is 32.3 Å². The fraction of sp³-hybridized carbons (Fsp3) is 1.00. The van der Waals surface area contributed by atoms with Crippen molar-refractivity contribution in [2.45, 2.75) is 43.4 Å². The summed E-state index contributed by atoms with van der Waals surface area (Å²) in [5.74, 6) is 0.892. The monoisotopic (exact) mass is 203 g/mol. The molecule has 78 valence electrons. The van der Waals surface area contributed by atoms with Gasteiger partial charge in [0.25, 0.3) is 0 Å². The fourth-order valence-electron chi connectivity index (χ4n) is 2.01. The zero-order valence-corrected chi connectivity index (χ0v) is 9.28. The quantitative estimate of drug-likeness (QED) is 0.681. The summed E-state index contributed by atoms with van der Waals surface area (Å²) in [6, 6.07) is 0.666. The summed E-state index contributed by atoms with van der Waals surface area (Å²) in [5, 5.41) is 12.9. The van der Waals surface area contributed by atoms with Gasteiger partial charge in [-0.1, -0.05) is 19.3 Å². The van der Waals surface area contributed by atoms with Gasteiger partial charge in [-0.15, -0.1) is 0 Å². The van der Waals surface area contributed by atoms with Crippen LogP contribution in [0, 0.1) is 0 Å². The molecule has 0 bridgehead atoms. The van der Waals surface area contributed by atoms with Gasteiger partial charge in [-0.25, -0.2) is 0 Å². The van der Waals surface area contributed by atoms with Crippen LogP contribution in [0.1, 0.15) is 32.1 Å². The zero-order valence-electron chi connectivity index (χ0n) is 8.46. The highest BCUT2D eigenvalue weighted by molar-refractivity contribution is 7.99. The Morgan fingerprint density at radius 1 is 1.31 bits per heavy atom. The zero-order chi connectivity index (χ0) is 9.52. The van der Waals surface area contributed by atoms with Crippen molar-refractivity contribution in [1.29, 1.82) is 0 Å². The normalized spacial score (nSPS) is 30.0. The van der Waals surface area contributed by atoms with Crippen LogP contribution < -0.4 is 5.32 Å². The molecule has 0 amide bonds. The Bertz CT molecular complexity index is 132. The Kier molecular flexibility index (Phi) is 5.83. The van der Waals surface area contributed by atoms with Crippen molar-refractivity contribution in [3.8, 4) is 0 Å². The van der Waals surface area contributed by atoms with E-state index >= 15 is 0 Å². The summed E-state index contributed by atoms with van der Waals surface area (Å²) in [5.41, 5.74) is 0. The first-order valence-electron chi connectivity index (χ1n) is 5.28. The number of nitrogens with one attached hydrogen (secondary N) is 1. The molecule has 1 rings (SSSR count). The van der Waals surface area contributed by atoms with E-state index in [1.807, 2.05) is 11.8 Å². The third kappa shape index (κ3) is 3.88. The number of thioether (sulfide) groups is 1. The van der Waals surface area contributed by atoms with Crippen molar-refractivity contribution in [3.05, 3.63) is 0 Å². The van der Waals surface area contributed by atoms with Crippen molar-refractivity contribution in [3.63, 3.8) is 0 Å². The first-order chi connectivity index (χ1) is 6.38. The second-order valence-corrected chi connectivity index (χ2v) is 5.01. The highest BCUT2D eigenvalue weighted by Crippen LogP contribution is 2.27. The SMILES string of the molecule is CNC1CCCCCC1SCCO. The van der Waals surface area contributed by atoms with E-state index in [9.17, 15) is 0 Å². The van der Waals surface area contributed by atoms with Crippen molar-refractivity contribution in [2.24, 2.45) is 0 Å². The van der Waals surface area contributed by atoms with E-state index in [4.69, 9.17) is 5.11 Å². The van der Waals surface area contributed by atoms with Gasteiger partial charge in [0.2, 0.25) is 0 Å². The minimum absolute atomic E-state index is 0.317. The summed E-state index contributed by atoms with van der Waals surface area (Å²) in [7, 11) is 2.06. The lowest BCUT2D eigenvalue weighted by atomic mass is 10.1. The van der Waals surface area contributed by atoms with Crippen LogP contribution in [0.4, 0.5) is 0 Å². The molecule has 1 saturated carbocycles. The van der Waals surface area contributed by atoms with E-state index in [0.29, 0.717) is 12.6 Å². The molecule has 2 atom stereocenters. The number of hydrogen-bond donors (Lipinski definition) is 2. The molecule has 0 aromatic rings. The Morgan fingerprint density at radius 3 is 2.77 bits per heavy atom. The molecule has 2 unspecified atom stereocenters. The molecule has 0 spiro atoms.